The van der Waals surface area contributed by atoms with E-state index in [1.165, 1.54) is 43.3 Å². The second kappa shape index (κ2) is 9.81. The van der Waals surface area contributed by atoms with E-state index in [9.17, 15) is 30.4 Å². The molecule has 1 aliphatic heterocycles. The first kappa shape index (κ1) is 28.7. The van der Waals surface area contributed by atoms with E-state index in [1.807, 2.05) is 0 Å². The Kier molecular flexibility index (Phi) is 6.54. The summed E-state index contributed by atoms with van der Waals surface area (Å²) in [6.07, 6.45) is -7.59. The predicted molar refractivity (Wildman–Crippen MR) is 144 cm³/mol. The van der Waals surface area contributed by atoms with Crippen LogP contribution in [-0.4, -0.2) is 35.7 Å². The number of halogens is 6. The number of hydrogen-bond acceptors (Lipinski definition) is 7. The number of nitrogens with zero attached hydrogens (tertiary/aromatic N) is 3. The van der Waals surface area contributed by atoms with Crippen LogP contribution in [0.15, 0.2) is 76.0 Å². The van der Waals surface area contributed by atoms with Crippen molar-refractivity contribution in [3.63, 3.8) is 0 Å². The van der Waals surface area contributed by atoms with Crippen molar-refractivity contribution in [2.75, 3.05) is 6.26 Å². The van der Waals surface area contributed by atoms with Gasteiger partial charge in [0.25, 0.3) is 0 Å². The molecule has 0 bridgehead atoms. The van der Waals surface area contributed by atoms with Crippen molar-refractivity contribution in [2.24, 2.45) is 0 Å². The number of rotatable bonds is 5. The summed E-state index contributed by atoms with van der Waals surface area (Å²) in [6, 6.07) is 15.2. The second-order valence-corrected chi connectivity index (χ2v) is 11.9. The lowest BCUT2D eigenvalue weighted by atomic mass is 9.98. The maximum absolute atomic E-state index is 13.7. The van der Waals surface area contributed by atoms with Gasteiger partial charge in [0.15, 0.2) is 38.7 Å². The third kappa shape index (κ3) is 5.43. The second-order valence-electron chi connectivity index (χ2n) is 9.53. The highest BCUT2D eigenvalue weighted by Gasteiger charge is 2.43. The van der Waals surface area contributed by atoms with E-state index in [2.05, 4.69) is 19.6 Å². The van der Waals surface area contributed by atoms with Gasteiger partial charge < -0.3 is 13.9 Å². The summed E-state index contributed by atoms with van der Waals surface area (Å²) in [6.45, 7) is 1.52. The van der Waals surface area contributed by atoms with E-state index < -0.39 is 28.0 Å². The van der Waals surface area contributed by atoms with Gasteiger partial charge in [-0.1, -0.05) is 29.8 Å². The molecule has 0 radical (unpaired) electrons. The standard InChI is InChI=1S/C28H17ClF5N3O5S/c1-14-35-25(26(40-14)17-7-9-21-22(12-17)42-28(33,34)41-21)19-11-16(15-4-3-5-18(10-15)43(2,38)39)6-8-20(19)37-24(29)13-23(36-37)27(30,31)32/h3-13H,1-2H3. The molecule has 5 aromatic rings. The van der Waals surface area contributed by atoms with E-state index in [-0.39, 0.29) is 55.7 Å². The van der Waals surface area contributed by atoms with Crippen molar-refractivity contribution in [3.05, 3.63) is 83.5 Å². The van der Waals surface area contributed by atoms with Gasteiger partial charge in [0.05, 0.1) is 10.6 Å². The fourth-order valence-electron chi connectivity index (χ4n) is 4.56. The van der Waals surface area contributed by atoms with Crippen molar-refractivity contribution in [3.8, 4) is 50.9 Å². The van der Waals surface area contributed by atoms with Gasteiger partial charge in [-0.2, -0.15) is 18.3 Å². The van der Waals surface area contributed by atoms with Crippen LogP contribution in [0, 0.1) is 6.92 Å². The largest absolute Gasteiger partial charge is 0.586 e. The van der Waals surface area contributed by atoms with Crippen LogP contribution in [0.5, 0.6) is 11.5 Å². The Hall–Kier alpha value is -4.43. The van der Waals surface area contributed by atoms with Crippen molar-refractivity contribution in [2.45, 2.75) is 24.3 Å². The fourth-order valence-corrected chi connectivity index (χ4v) is 5.46. The predicted octanol–water partition coefficient (Wildman–Crippen LogP) is 7.57. The Morgan fingerprint density at radius 3 is 2.30 bits per heavy atom. The summed E-state index contributed by atoms with van der Waals surface area (Å²) < 4.78 is 108. The smallest absolute Gasteiger partial charge is 0.440 e. The summed E-state index contributed by atoms with van der Waals surface area (Å²) in [7, 11) is -3.56. The monoisotopic (exact) mass is 637 g/mol. The first-order valence-corrected chi connectivity index (χ1v) is 14.5. The molecular formula is C28H17ClF5N3O5S. The van der Waals surface area contributed by atoms with Crippen LogP contribution in [0.4, 0.5) is 22.0 Å². The minimum Gasteiger partial charge on any atom is -0.440 e. The van der Waals surface area contributed by atoms with Gasteiger partial charge in [0.1, 0.15) is 10.8 Å². The van der Waals surface area contributed by atoms with E-state index in [0.717, 1.165) is 10.9 Å². The first-order valence-electron chi connectivity index (χ1n) is 12.2. The molecule has 1 aliphatic rings. The zero-order valence-electron chi connectivity index (χ0n) is 21.9. The number of aryl methyl sites for hydroxylation is 1. The molecule has 3 aromatic carbocycles. The number of benzene rings is 3. The van der Waals surface area contributed by atoms with Gasteiger partial charge >= 0.3 is 12.5 Å². The average molecular weight is 638 g/mol. The maximum atomic E-state index is 13.7. The zero-order valence-corrected chi connectivity index (χ0v) is 23.5. The van der Waals surface area contributed by atoms with E-state index in [0.29, 0.717) is 17.2 Å². The first-order chi connectivity index (χ1) is 20.1. The molecule has 0 spiro atoms. The number of fused-ring (bicyclic) bond motifs is 1. The Labute approximate surface area is 245 Å². The lowest BCUT2D eigenvalue weighted by molar-refractivity contribution is -0.286. The van der Waals surface area contributed by atoms with E-state index >= 15 is 0 Å². The molecule has 0 saturated heterocycles. The number of sulfone groups is 1. The highest BCUT2D eigenvalue weighted by molar-refractivity contribution is 7.90. The third-order valence-corrected chi connectivity index (χ3v) is 7.81. The summed E-state index contributed by atoms with van der Waals surface area (Å²) in [5.74, 6) is -0.255. The van der Waals surface area contributed by atoms with Crippen LogP contribution in [-0.2, 0) is 16.0 Å². The molecule has 0 fully saturated rings. The lowest BCUT2D eigenvalue weighted by Crippen LogP contribution is -2.25. The Morgan fingerprint density at radius 2 is 1.60 bits per heavy atom. The fraction of sp³-hybridized carbons (Fsp3) is 0.143. The lowest BCUT2D eigenvalue weighted by Gasteiger charge is -2.13. The van der Waals surface area contributed by atoms with Crippen LogP contribution in [0.1, 0.15) is 11.6 Å². The molecule has 8 nitrogen and oxygen atoms in total. The molecule has 0 saturated carbocycles. The van der Waals surface area contributed by atoms with E-state index in [1.54, 1.807) is 24.3 Å². The summed E-state index contributed by atoms with van der Waals surface area (Å²) in [5, 5.41) is 3.31. The van der Waals surface area contributed by atoms with Crippen LogP contribution < -0.4 is 9.47 Å². The van der Waals surface area contributed by atoms with E-state index in [4.69, 9.17) is 16.0 Å². The normalized spacial score (nSPS) is 14.3. The van der Waals surface area contributed by atoms with Crippen molar-refractivity contribution in [1.82, 2.24) is 14.8 Å². The molecule has 6 rings (SSSR count). The topological polar surface area (TPSA) is 96.5 Å². The van der Waals surface area contributed by atoms with Gasteiger partial charge in [-0.3, -0.25) is 0 Å². The highest BCUT2D eigenvalue weighted by Crippen LogP contribution is 2.45. The SMILES string of the molecule is Cc1nc(-c2cc(-c3cccc(S(C)(=O)=O)c3)ccc2-n2nc(C(F)(F)F)cc2Cl)c(-c2ccc3c(c2)OC(F)(F)O3)o1. The van der Waals surface area contributed by atoms with Gasteiger partial charge in [-0.05, 0) is 53.6 Å². The van der Waals surface area contributed by atoms with Crippen LogP contribution in [0.25, 0.3) is 39.4 Å². The Bertz CT molecular complexity index is 2020. The number of aromatic nitrogens is 3. The minimum atomic E-state index is -4.79. The van der Waals surface area contributed by atoms with Crippen LogP contribution in [0.3, 0.4) is 0 Å². The molecule has 3 heterocycles. The van der Waals surface area contributed by atoms with Gasteiger partial charge in [0, 0.05) is 30.4 Å². The Balaban J connectivity index is 1.57. The number of hydrogen-bond donors (Lipinski definition) is 0. The molecule has 0 unspecified atom stereocenters. The molecular weight excluding hydrogens is 621 g/mol. The number of alkyl halides is 5. The van der Waals surface area contributed by atoms with Gasteiger partial charge in [0.2, 0.25) is 0 Å². The molecule has 0 atom stereocenters. The molecule has 2 aromatic heterocycles. The number of oxazole rings is 1. The molecule has 15 heteroatoms. The van der Waals surface area contributed by atoms with Gasteiger partial charge in [-0.15, -0.1) is 8.78 Å². The number of ether oxygens (including phenoxy) is 2. The van der Waals surface area contributed by atoms with Crippen molar-refractivity contribution < 1.29 is 44.3 Å². The van der Waals surface area contributed by atoms with Gasteiger partial charge in [-0.25, -0.2) is 18.1 Å². The average Bonchev–Trinajstić information content (AvgIpc) is 3.60. The highest BCUT2D eigenvalue weighted by atomic mass is 35.5. The van der Waals surface area contributed by atoms with Crippen molar-refractivity contribution >= 4 is 21.4 Å². The zero-order chi connectivity index (χ0) is 30.9. The summed E-state index contributed by atoms with van der Waals surface area (Å²) in [5.41, 5.74) is 0.335. The molecule has 0 aliphatic carbocycles. The van der Waals surface area contributed by atoms with Crippen LogP contribution in [0.2, 0.25) is 5.15 Å². The third-order valence-electron chi connectivity index (χ3n) is 6.43. The molecule has 43 heavy (non-hydrogen) atoms. The minimum absolute atomic E-state index is 0.0516. The quantitative estimate of drug-likeness (QED) is 0.183. The molecule has 222 valence electrons. The summed E-state index contributed by atoms with van der Waals surface area (Å²) in [4.78, 5) is 4.50. The molecule has 0 amide bonds. The van der Waals surface area contributed by atoms with Crippen LogP contribution >= 0.6 is 11.6 Å². The Morgan fingerprint density at radius 1 is 0.907 bits per heavy atom. The molecule has 0 N–H and O–H groups in total. The maximum Gasteiger partial charge on any atom is 0.586 e. The summed E-state index contributed by atoms with van der Waals surface area (Å²) >= 11 is 6.21. The van der Waals surface area contributed by atoms with Crippen molar-refractivity contribution in [1.29, 1.82) is 0 Å².